The molecule has 1 heterocycles. The van der Waals surface area contributed by atoms with E-state index in [-0.39, 0.29) is 6.79 Å². The van der Waals surface area contributed by atoms with Crippen LogP contribution < -0.4 is 29.6 Å². The molecule has 0 aromatic heterocycles. The van der Waals surface area contributed by atoms with E-state index in [0.717, 1.165) is 41.7 Å². The summed E-state index contributed by atoms with van der Waals surface area (Å²) in [4.78, 5) is 4.22. The van der Waals surface area contributed by atoms with Gasteiger partial charge in [-0.15, -0.1) is 0 Å². The van der Waals surface area contributed by atoms with Crippen molar-refractivity contribution in [2.24, 2.45) is 4.99 Å². The van der Waals surface area contributed by atoms with Gasteiger partial charge in [0, 0.05) is 19.7 Å². The van der Waals surface area contributed by atoms with Gasteiger partial charge in [0.15, 0.2) is 17.5 Å². The smallest absolute Gasteiger partial charge is 0.231 e. The van der Waals surface area contributed by atoms with Gasteiger partial charge in [-0.3, -0.25) is 4.99 Å². The molecule has 1 aliphatic rings. The Hall–Kier alpha value is -3.09. The molecule has 0 bridgehead atoms. The fourth-order valence-electron chi connectivity index (χ4n) is 2.75. The minimum absolute atomic E-state index is 0.261. The Morgan fingerprint density at radius 3 is 2.74 bits per heavy atom. The lowest BCUT2D eigenvalue weighted by molar-refractivity contribution is 0.173. The number of aliphatic imine (C=N–C) groups is 1. The number of benzene rings is 2. The third kappa shape index (κ3) is 5.20. The maximum Gasteiger partial charge on any atom is 0.231 e. The molecule has 27 heavy (non-hydrogen) atoms. The average molecular weight is 371 g/mol. The molecule has 2 aromatic carbocycles. The lowest BCUT2D eigenvalue weighted by atomic mass is 10.1. The summed E-state index contributed by atoms with van der Waals surface area (Å²) < 4.78 is 21.7. The van der Waals surface area contributed by atoms with E-state index in [1.165, 1.54) is 0 Å². The highest BCUT2D eigenvalue weighted by atomic mass is 16.7. The number of fused-ring (bicyclic) bond motifs is 1. The number of nitrogens with zero attached hydrogens (tertiary/aromatic N) is 1. The maximum atomic E-state index is 5.73. The molecule has 0 fully saturated rings. The van der Waals surface area contributed by atoms with Crippen LogP contribution in [0.1, 0.15) is 5.56 Å². The number of para-hydroxylation sites is 1. The number of ether oxygens (including phenoxy) is 4. The Labute approximate surface area is 159 Å². The molecule has 2 N–H and O–H groups in total. The standard InChI is InChI=1S/C20H25N3O4/c1-21-20(22-10-9-15-5-3-4-6-17(15)24-2)23-11-12-25-16-7-8-18-19(13-16)27-14-26-18/h3-8,13H,9-12,14H2,1-2H3,(H2,21,22,23). The minimum Gasteiger partial charge on any atom is -0.496 e. The predicted molar refractivity (Wildman–Crippen MR) is 104 cm³/mol. The Balaban J connectivity index is 1.37. The second kappa shape index (κ2) is 9.56. The van der Waals surface area contributed by atoms with Gasteiger partial charge in [-0.25, -0.2) is 0 Å². The van der Waals surface area contributed by atoms with Crippen LogP contribution in [0.4, 0.5) is 0 Å². The summed E-state index contributed by atoms with van der Waals surface area (Å²) in [6, 6.07) is 13.6. The molecule has 0 spiro atoms. The van der Waals surface area contributed by atoms with Crippen LogP contribution in [0.15, 0.2) is 47.5 Å². The molecule has 0 atom stereocenters. The molecular weight excluding hydrogens is 346 g/mol. The van der Waals surface area contributed by atoms with Crippen molar-refractivity contribution in [3.8, 4) is 23.0 Å². The third-order valence-corrected chi connectivity index (χ3v) is 4.11. The van der Waals surface area contributed by atoms with E-state index in [4.69, 9.17) is 18.9 Å². The predicted octanol–water partition coefficient (Wildman–Crippen LogP) is 2.21. The summed E-state index contributed by atoms with van der Waals surface area (Å²) in [6.07, 6.45) is 0.846. The summed E-state index contributed by atoms with van der Waals surface area (Å²) in [6.45, 7) is 2.15. The SMILES string of the molecule is CN=C(NCCOc1ccc2c(c1)OCO2)NCCc1ccccc1OC. The van der Waals surface area contributed by atoms with Gasteiger partial charge < -0.3 is 29.6 Å². The fourth-order valence-corrected chi connectivity index (χ4v) is 2.75. The second-order valence-corrected chi connectivity index (χ2v) is 5.85. The highest BCUT2D eigenvalue weighted by Gasteiger charge is 2.13. The van der Waals surface area contributed by atoms with Gasteiger partial charge in [0.2, 0.25) is 6.79 Å². The maximum absolute atomic E-state index is 5.73. The van der Waals surface area contributed by atoms with Gasteiger partial charge in [-0.05, 0) is 30.2 Å². The Bertz CT molecular complexity index is 780. The van der Waals surface area contributed by atoms with Crippen molar-refractivity contribution in [3.63, 3.8) is 0 Å². The monoisotopic (exact) mass is 371 g/mol. The number of rotatable bonds is 8. The molecule has 7 heteroatoms. The van der Waals surface area contributed by atoms with Gasteiger partial charge in [0.05, 0.1) is 13.7 Å². The summed E-state index contributed by atoms with van der Waals surface area (Å²) in [7, 11) is 3.43. The van der Waals surface area contributed by atoms with E-state index in [1.807, 2.05) is 36.4 Å². The molecule has 0 saturated carbocycles. The molecule has 1 aliphatic heterocycles. The summed E-state index contributed by atoms with van der Waals surface area (Å²) in [5.74, 6) is 3.85. The van der Waals surface area contributed by atoms with Crippen LogP contribution in [0, 0.1) is 0 Å². The zero-order valence-electron chi connectivity index (χ0n) is 15.7. The molecule has 0 unspecified atom stereocenters. The summed E-state index contributed by atoms with van der Waals surface area (Å²) in [5.41, 5.74) is 1.16. The lowest BCUT2D eigenvalue weighted by Crippen LogP contribution is -2.40. The van der Waals surface area contributed by atoms with E-state index < -0.39 is 0 Å². The molecule has 2 aromatic rings. The number of methoxy groups -OCH3 is 1. The van der Waals surface area contributed by atoms with Crippen LogP contribution in [-0.2, 0) is 6.42 Å². The van der Waals surface area contributed by atoms with Crippen molar-refractivity contribution in [1.82, 2.24) is 10.6 Å². The Morgan fingerprint density at radius 2 is 1.89 bits per heavy atom. The van der Waals surface area contributed by atoms with Crippen molar-refractivity contribution in [2.45, 2.75) is 6.42 Å². The van der Waals surface area contributed by atoms with Crippen LogP contribution in [0.2, 0.25) is 0 Å². The van der Waals surface area contributed by atoms with Crippen LogP contribution in [0.25, 0.3) is 0 Å². The van der Waals surface area contributed by atoms with Crippen molar-refractivity contribution >= 4 is 5.96 Å². The van der Waals surface area contributed by atoms with Crippen molar-refractivity contribution in [1.29, 1.82) is 0 Å². The normalized spacial score (nSPS) is 12.6. The fraction of sp³-hybridized carbons (Fsp3) is 0.350. The first kappa shape index (κ1) is 18.7. The molecule has 7 nitrogen and oxygen atoms in total. The highest BCUT2D eigenvalue weighted by molar-refractivity contribution is 5.79. The zero-order chi connectivity index (χ0) is 18.9. The van der Waals surface area contributed by atoms with Crippen LogP contribution in [0.3, 0.4) is 0 Å². The van der Waals surface area contributed by atoms with E-state index in [9.17, 15) is 0 Å². The first-order valence-corrected chi connectivity index (χ1v) is 8.89. The van der Waals surface area contributed by atoms with Gasteiger partial charge in [0.25, 0.3) is 0 Å². The number of guanidine groups is 1. The number of hydrogen-bond acceptors (Lipinski definition) is 5. The quantitative estimate of drug-likeness (QED) is 0.421. The second-order valence-electron chi connectivity index (χ2n) is 5.85. The topological polar surface area (TPSA) is 73.3 Å². The zero-order valence-corrected chi connectivity index (χ0v) is 15.7. The Morgan fingerprint density at radius 1 is 1.07 bits per heavy atom. The molecule has 0 saturated heterocycles. The van der Waals surface area contributed by atoms with Crippen LogP contribution in [0.5, 0.6) is 23.0 Å². The van der Waals surface area contributed by atoms with E-state index in [0.29, 0.717) is 18.9 Å². The summed E-state index contributed by atoms with van der Waals surface area (Å²) in [5, 5.41) is 6.53. The average Bonchev–Trinajstić information content (AvgIpc) is 3.18. The molecule has 144 valence electrons. The number of nitrogens with one attached hydrogen (secondary N) is 2. The lowest BCUT2D eigenvalue weighted by Gasteiger charge is -2.13. The van der Waals surface area contributed by atoms with E-state index in [1.54, 1.807) is 14.2 Å². The number of hydrogen-bond donors (Lipinski definition) is 2. The molecule has 0 aliphatic carbocycles. The van der Waals surface area contributed by atoms with Gasteiger partial charge in [-0.2, -0.15) is 0 Å². The van der Waals surface area contributed by atoms with Crippen LogP contribution in [-0.4, -0.2) is 46.6 Å². The van der Waals surface area contributed by atoms with Gasteiger partial charge in [-0.1, -0.05) is 18.2 Å². The molecule has 0 radical (unpaired) electrons. The van der Waals surface area contributed by atoms with Crippen molar-refractivity contribution < 1.29 is 18.9 Å². The minimum atomic E-state index is 0.261. The summed E-state index contributed by atoms with van der Waals surface area (Å²) >= 11 is 0. The Kier molecular flexibility index (Phi) is 6.62. The highest BCUT2D eigenvalue weighted by Crippen LogP contribution is 2.34. The molecule has 0 amide bonds. The third-order valence-electron chi connectivity index (χ3n) is 4.11. The van der Waals surface area contributed by atoms with Gasteiger partial charge in [0.1, 0.15) is 18.1 Å². The van der Waals surface area contributed by atoms with E-state index >= 15 is 0 Å². The first-order valence-electron chi connectivity index (χ1n) is 8.89. The first-order chi connectivity index (χ1) is 13.3. The van der Waals surface area contributed by atoms with E-state index in [2.05, 4.69) is 21.7 Å². The largest absolute Gasteiger partial charge is 0.496 e. The van der Waals surface area contributed by atoms with Gasteiger partial charge >= 0.3 is 0 Å². The van der Waals surface area contributed by atoms with Crippen molar-refractivity contribution in [2.75, 3.05) is 40.6 Å². The van der Waals surface area contributed by atoms with Crippen LogP contribution >= 0.6 is 0 Å². The van der Waals surface area contributed by atoms with Crippen molar-refractivity contribution in [3.05, 3.63) is 48.0 Å². The molecule has 3 rings (SSSR count). The molecular formula is C20H25N3O4.